The fourth-order valence-electron chi connectivity index (χ4n) is 3.95. The Bertz CT molecular complexity index is 957. The quantitative estimate of drug-likeness (QED) is 0.592. The molecule has 0 aliphatic carbocycles. The minimum Gasteiger partial charge on any atom is -0.497 e. The third-order valence-electron chi connectivity index (χ3n) is 5.17. The van der Waals surface area contributed by atoms with Gasteiger partial charge in [-0.15, -0.1) is 0 Å². The van der Waals surface area contributed by atoms with E-state index in [1.807, 2.05) is 38.2 Å². The highest BCUT2D eigenvalue weighted by molar-refractivity contribution is 6.41. The highest BCUT2D eigenvalue weighted by Crippen LogP contribution is 2.33. The number of imide groups is 1. The first-order chi connectivity index (χ1) is 14.0. The molecule has 0 aromatic heterocycles. The number of ether oxygens (including phenoxy) is 2. The average molecular weight is 392 g/mol. The molecule has 0 bridgehead atoms. The van der Waals surface area contributed by atoms with Crippen molar-refractivity contribution in [3.63, 3.8) is 0 Å². The molecule has 2 atom stereocenters. The molecule has 29 heavy (non-hydrogen) atoms. The molecular weight excluding hydrogens is 368 g/mol. The molecule has 0 spiro atoms. The first-order valence-electron chi connectivity index (χ1n) is 9.71. The van der Waals surface area contributed by atoms with Crippen LogP contribution in [0, 0.1) is 0 Å². The Morgan fingerprint density at radius 3 is 2.17 bits per heavy atom. The monoisotopic (exact) mass is 392 g/mol. The zero-order chi connectivity index (χ0) is 20.5. The van der Waals surface area contributed by atoms with Crippen molar-refractivity contribution >= 4 is 23.1 Å². The predicted molar refractivity (Wildman–Crippen MR) is 111 cm³/mol. The van der Waals surface area contributed by atoms with Crippen molar-refractivity contribution in [1.82, 2.24) is 4.90 Å². The summed E-state index contributed by atoms with van der Waals surface area (Å²) in [7, 11) is 1.58. The molecule has 2 heterocycles. The van der Waals surface area contributed by atoms with E-state index in [2.05, 4.69) is 4.90 Å². The summed E-state index contributed by atoms with van der Waals surface area (Å²) in [5.41, 5.74) is 2.21. The van der Waals surface area contributed by atoms with E-state index in [0.29, 0.717) is 41.2 Å². The van der Waals surface area contributed by atoms with Gasteiger partial charge in [-0.3, -0.25) is 9.59 Å². The first-order valence-corrected chi connectivity index (χ1v) is 9.71. The second kappa shape index (κ2) is 7.72. The largest absolute Gasteiger partial charge is 0.497 e. The maximum absolute atomic E-state index is 13.4. The molecule has 1 saturated heterocycles. The van der Waals surface area contributed by atoms with Crippen LogP contribution < -0.4 is 9.64 Å². The number of morpholine rings is 1. The van der Waals surface area contributed by atoms with E-state index in [1.54, 1.807) is 37.4 Å². The average Bonchev–Trinajstić information content (AvgIpc) is 2.71. The van der Waals surface area contributed by atoms with Gasteiger partial charge in [-0.2, -0.15) is 0 Å². The molecule has 6 nitrogen and oxygen atoms in total. The van der Waals surface area contributed by atoms with E-state index in [0.717, 1.165) is 0 Å². The number of fused-ring (bicyclic) bond motifs is 1. The highest BCUT2D eigenvalue weighted by Gasteiger charge is 2.36. The van der Waals surface area contributed by atoms with E-state index in [4.69, 9.17) is 9.47 Å². The molecule has 0 unspecified atom stereocenters. The van der Waals surface area contributed by atoms with Gasteiger partial charge in [0.05, 0.1) is 30.6 Å². The molecule has 2 aromatic carbocycles. The zero-order valence-electron chi connectivity index (χ0n) is 16.8. The van der Waals surface area contributed by atoms with Crippen molar-refractivity contribution in [2.24, 2.45) is 0 Å². The summed E-state index contributed by atoms with van der Waals surface area (Å²) in [6, 6.07) is 14.2. The van der Waals surface area contributed by atoms with Crippen molar-refractivity contribution in [2.75, 3.05) is 25.1 Å². The summed E-state index contributed by atoms with van der Waals surface area (Å²) < 4.78 is 11.0. The molecule has 150 valence electrons. The van der Waals surface area contributed by atoms with Gasteiger partial charge in [-0.1, -0.05) is 18.2 Å². The number of amides is 2. The fraction of sp³-hybridized carbons (Fsp3) is 0.304. The zero-order valence-corrected chi connectivity index (χ0v) is 16.8. The molecule has 2 aliphatic rings. The van der Waals surface area contributed by atoms with Crippen LogP contribution in [0.15, 0.2) is 54.7 Å². The van der Waals surface area contributed by atoms with Crippen LogP contribution in [0.2, 0.25) is 0 Å². The van der Waals surface area contributed by atoms with Crippen LogP contribution >= 0.6 is 0 Å². The van der Waals surface area contributed by atoms with E-state index < -0.39 is 0 Å². The number of hydrogen-bond acceptors (Lipinski definition) is 5. The smallest absolute Gasteiger partial charge is 0.267 e. The standard InChI is InChI=1S/C23H24N2O4/c1-15-12-24(13-16(2)29-15)14-21-19-6-4-5-7-20(19)22(26)25(23(21)27)17-8-10-18(28-3)11-9-17/h4-11,14-16H,12-13H2,1-3H3/b21-14-/t15-,16-/m1/s1. The van der Waals surface area contributed by atoms with Crippen LogP contribution in [0.1, 0.15) is 29.8 Å². The molecule has 1 fully saturated rings. The van der Waals surface area contributed by atoms with E-state index in [9.17, 15) is 9.59 Å². The Morgan fingerprint density at radius 2 is 1.55 bits per heavy atom. The van der Waals surface area contributed by atoms with Crippen LogP contribution in [-0.2, 0) is 9.53 Å². The van der Waals surface area contributed by atoms with Crippen LogP contribution in [0.4, 0.5) is 5.69 Å². The van der Waals surface area contributed by atoms with Crippen LogP contribution in [-0.4, -0.2) is 49.1 Å². The number of anilines is 1. The number of methoxy groups -OCH3 is 1. The lowest BCUT2D eigenvalue weighted by Crippen LogP contribution is -2.45. The van der Waals surface area contributed by atoms with Crippen molar-refractivity contribution in [2.45, 2.75) is 26.1 Å². The van der Waals surface area contributed by atoms with Crippen LogP contribution in [0.5, 0.6) is 5.75 Å². The van der Waals surface area contributed by atoms with Gasteiger partial charge in [-0.05, 0) is 44.2 Å². The number of rotatable bonds is 3. The molecular formula is C23H24N2O4. The lowest BCUT2D eigenvalue weighted by atomic mass is 9.93. The molecule has 2 aliphatic heterocycles. The summed E-state index contributed by atoms with van der Waals surface area (Å²) >= 11 is 0. The number of hydrogen-bond donors (Lipinski definition) is 0. The van der Waals surface area contributed by atoms with Gasteiger partial charge >= 0.3 is 0 Å². The summed E-state index contributed by atoms with van der Waals surface area (Å²) in [5.74, 6) is 0.0143. The van der Waals surface area contributed by atoms with Gasteiger partial charge in [0.25, 0.3) is 11.8 Å². The lowest BCUT2D eigenvalue weighted by Gasteiger charge is -2.36. The molecule has 2 amide bonds. The molecule has 0 N–H and O–H groups in total. The molecule has 0 radical (unpaired) electrons. The Kier molecular flexibility index (Phi) is 5.11. The van der Waals surface area contributed by atoms with Gasteiger partial charge in [0.2, 0.25) is 0 Å². The fourth-order valence-corrected chi connectivity index (χ4v) is 3.95. The topological polar surface area (TPSA) is 59.1 Å². The van der Waals surface area contributed by atoms with Crippen molar-refractivity contribution < 1.29 is 19.1 Å². The van der Waals surface area contributed by atoms with Crippen LogP contribution in [0.25, 0.3) is 5.57 Å². The second-order valence-electron chi connectivity index (χ2n) is 7.44. The maximum Gasteiger partial charge on any atom is 0.267 e. The Labute approximate surface area is 170 Å². The molecule has 4 rings (SSSR count). The van der Waals surface area contributed by atoms with Gasteiger partial charge < -0.3 is 14.4 Å². The van der Waals surface area contributed by atoms with E-state index in [1.165, 1.54) is 4.90 Å². The molecule has 0 saturated carbocycles. The predicted octanol–water partition coefficient (Wildman–Crippen LogP) is 3.33. The van der Waals surface area contributed by atoms with Gasteiger partial charge in [0, 0.05) is 30.4 Å². The number of carbonyl (C=O) groups is 2. The van der Waals surface area contributed by atoms with E-state index >= 15 is 0 Å². The number of nitrogens with zero attached hydrogens (tertiary/aromatic N) is 2. The minimum atomic E-state index is -0.328. The van der Waals surface area contributed by atoms with Crippen LogP contribution in [0.3, 0.4) is 0 Å². The summed E-state index contributed by atoms with van der Waals surface area (Å²) in [6.45, 7) is 5.43. The number of benzene rings is 2. The normalized spacial score (nSPS) is 23.3. The number of carbonyl (C=O) groups excluding carboxylic acids is 2. The van der Waals surface area contributed by atoms with Gasteiger partial charge in [0.1, 0.15) is 5.75 Å². The summed E-state index contributed by atoms with van der Waals surface area (Å²) in [5, 5.41) is 0. The minimum absolute atomic E-state index is 0.0730. The summed E-state index contributed by atoms with van der Waals surface area (Å²) in [6.07, 6.45) is 2.02. The maximum atomic E-state index is 13.4. The third-order valence-corrected chi connectivity index (χ3v) is 5.17. The molecule has 6 heteroatoms. The Morgan fingerprint density at radius 1 is 0.931 bits per heavy atom. The van der Waals surface area contributed by atoms with E-state index in [-0.39, 0.29) is 24.0 Å². The third kappa shape index (κ3) is 3.63. The van der Waals surface area contributed by atoms with Gasteiger partial charge in [-0.25, -0.2) is 4.90 Å². The van der Waals surface area contributed by atoms with Gasteiger partial charge in [0.15, 0.2) is 0 Å². The van der Waals surface area contributed by atoms with Crippen molar-refractivity contribution in [3.8, 4) is 5.75 Å². The Hall–Kier alpha value is -3.12. The SMILES string of the molecule is COc1ccc(N2C(=O)/C(=C\N3C[C@@H](C)O[C@H](C)C3)c3ccccc3C2=O)cc1. The highest BCUT2D eigenvalue weighted by atomic mass is 16.5. The molecule has 2 aromatic rings. The summed E-state index contributed by atoms with van der Waals surface area (Å²) in [4.78, 5) is 29.9. The van der Waals surface area contributed by atoms with Crippen molar-refractivity contribution in [3.05, 3.63) is 65.9 Å². The first kappa shape index (κ1) is 19.2. The second-order valence-corrected chi connectivity index (χ2v) is 7.44. The Balaban J connectivity index is 1.77. The lowest BCUT2D eigenvalue weighted by molar-refractivity contribution is -0.113. The van der Waals surface area contributed by atoms with Crippen molar-refractivity contribution in [1.29, 1.82) is 0 Å².